The SMILES string of the molecule is COc1cc(Br)ccc1C(=O)Nc1ccc(F)c(C#N)c1. The minimum Gasteiger partial charge on any atom is -0.496 e. The molecule has 0 atom stereocenters. The minimum absolute atomic E-state index is 0.129. The third-order valence-corrected chi connectivity index (χ3v) is 3.25. The number of amides is 1. The first-order valence-electron chi connectivity index (χ1n) is 5.89. The number of halogens is 2. The number of nitrogens with one attached hydrogen (secondary N) is 1. The van der Waals surface area contributed by atoms with Crippen LogP contribution >= 0.6 is 15.9 Å². The smallest absolute Gasteiger partial charge is 0.259 e. The molecule has 0 spiro atoms. The van der Waals surface area contributed by atoms with Gasteiger partial charge in [0.25, 0.3) is 5.91 Å². The van der Waals surface area contributed by atoms with Crippen molar-refractivity contribution in [2.75, 3.05) is 12.4 Å². The van der Waals surface area contributed by atoms with Gasteiger partial charge in [-0.1, -0.05) is 15.9 Å². The minimum atomic E-state index is -0.628. The summed E-state index contributed by atoms with van der Waals surface area (Å²) in [5, 5.41) is 11.4. The van der Waals surface area contributed by atoms with Crippen LogP contribution in [0.4, 0.5) is 10.1 Å². The fraction of sp³-hybridized carbons (Fsp3) is 0.0667. The third-order valence-electron chi connectivity index (χ3n) is 2.75. The highest BCUT2D eigenvalue weighted by Crippen LogP contribution is 2.24. The summed E-state index contributed by atoms with van der Waals surface area (Å²) in [6, 6.07) is 10.5. The van der Waals surface area contributed by atoms with Crippen LogP contribution < -0.4 is 10.1 Å². The van der Waals surface area contributed by atoms with Crippen LogP contribution in [0, 0.1) is 17.1 Å². The van der Waals surface area contributed by atoms with Crippen molar-refractivity contribution in [3.63, 3.8) is 0 Å². The van der Waals surface area contributed by atoms with E-state index in [-0.39, 0.29) is 5.56 Å². The highest BCUT2D eigenvalue weighted by molar-refractivity contribution is 9.10. The van der Waals surface area contributed by atoms with E-state index >= 15 is 0 Å². The molecule has 0 bridgehead atoms. The number of carbonyl (C=O) groups is 1. The molecule has 1 amide bonds. The second kappa shape index (κ2) is 6.37. The van der Waals surface area contributed by atoms with Gasteiger partial charge >= 0.3 is 0 Å². The molecule has 0 aliphatic carbocycles. The monoisotopic (exact) mass is 348 g/mol. The molecule has 2 aromatic carbocycles. The fourth-order valence-corrected chi connectivity index (χ4v) is 2.08. The molecule has 0 aliphatic rings. The predicted molar refractivity (Wildman–Crippen MR) is 79.8 cm³/mol. The lowest BCUT2D eigenvalue weighted by atomic mass is 10.1. The molecule has 6 heteroatoms. The number of rotatable bonds is 3. The van der Waals surface area contributed by atoms with Crippen molar-refractivity contribution >= 4 is 27.5 Å². The second-order valence-corrected chi connectivity index (χ2v) is 5.02. The summed E-state index contributed by atoms with van der Waals surface area (Å²) >= 11 is 3.29. The topological polar surface area (TPSA) is 62.1 Å². The van der Waals surface area contributed by atoms with Crippen molar-refractivity contribution in [3.05, 3.63) is 57.8 Å². The molecule has 0 unspecified atom stereocenters. The van der Waals surface area contributed by atoms with E-state index in [0.717, 1.165) is 10.5 Å². The molecule has 2 aromatic rings. The van der Waals surface area contributed by atoms with E-state index in [4.69, 9.17) is 10.00 Å². The Labute approximate surface area is 129 Å². The molecular weight excluding hydrogens is 339 g/mol. The Morgan fingerprint density at radius 2 is 2.10 bits per heavy atom. The van der Waals surface area contributed by atoms with Crippen LogP contribution in [0.3, 0.4) is 0 Å². The summed E-state index contributed by atoms with van der Waals surface area (Å²) in [6.07, 6.45) is 0. The van der Waals surface area contributed by atoms with Gasteiger partial charge in [-0.15, -0.1) is 0 Å². The lowest BCUT2D eigenvalue weighted by Gasteiger charge is -2.10. The van der Waals surface area contributed by atoms with Crippen LogP contribution in [0.2, 0.25) is 0 Å². The van der Waals surface area contributed by atoms with Gasteiger partial charge in [0.05, 0.1) is 18.2 Å². The van der Waals surface area contributed by atoms with Crippen molar-refractivity contribution in [1.82, 2.24) is 0 Å². The number of nitriles is 1. The number of hydrogen-bond donors (Lipinski definition) is 1. The van der Waals surface area contributed by atoms with E-state index < -0.39 is 11.7 Å². The van der Waals surface area contributed by atoms with E-state index in [1.165, 1.54) is 19.2 Å². The van der Waals surface area contributed by atoms with E-state index in [1.807, 2.05) is 0 Å². The van der Waals surface area contributed by atoms with Gasteiger partial charge in [-0.3, -0.25) is 4.79 Å². The van der Waals surface area contributed by atoms with Gasteiger partial charge < -0.3 is 10.1 Å². The van der Waals surface area contributed by atoms with Crippen molar-refractivity contribution in [1.29, 1.82) is 5.26 Å². The quantitative estimate of drug-likeness (QED) is 0.919. The number of nitrogens with zero attached hydrogens (tertiary/aromatic N) is 1. The van der Waals surface area contributed by atoms with Crippen LogP contribution in [0.25, 0.3) is 0 Å². The lowest BCUT2D eigenvalue weighted by Crippen LogP contribution is -2.13. The summed E-state index contributed by atoms with van der Waals surface area (Å²) < 4.78 is 19.2. The van der Waals surface area contributed by atoms with Gasteiger partial charge in [0.1, 0.15) is 17.6 Å². The van der Waals surface area contributed by atoms with Crippen LogP contribution in [0.5, 0.6) is 5.75 Å². The molecule has 4 nitrogen and oxygen atoms in total. The van der Waals surface area contributed by atoms with Gasteiger partial charge in [0.2, 0.25) is 0 Å². The maximum Gasteiger partial charge on any atom is 0.259 e. The molecule has 2 rings (SSSR count). The second-order valence-electron chi connectivity index (χ2n) is 4.11. The van der Waals surface area contributed by atoms with Crippen LogP contribution in [-0.4, -0.2) is 13.0 Å². The van der Waals surface area contributed by atoms with Gasteiger partial charge in [-0.25, -0.2) is 4.39 Å². The molecule has 0 fully saturated rings. The third kappa shape index (κ3) is 3.38. The Kier molecular flexibility index (Phi) is 4.55. The molecular formula is C15H10BrFN2O2. The Bertz CT molecular complexity index is 741. The van der Waals surface area contributed by atoms with Crippen LogP contribution in [-0.2, 0) is 0 Å². The molecule has 0 aromatic heterocycles. The molecule has 1 N–H and O–H groups in total. The Hall–Kier alpha value is -2.39. The highest BCUT2D eigenvalue weighted by Gasteiger charge is 2.13. The highest BCUT2D eigenvalue weighted by atomic mass is 79.9. The molecule has 106 valence electrons. The zero-order valence-electron chi connectivity index (χ0n) is 11.0. The maximum absolute atomic E-state index is 13.2. The van der Waals surface area contributed by atoms with Gasteiger partial charge in [-0.05, 0) is 36.4 Å². The largest absolute Gasteiger partial charge is 0.496 e. The predicted octanol–water partition coefficient (Wildman–Crippen LogP) is 3.72. The van der Waals surface area contributed by atoms with E-state index in [0.29, 0.717) is 17.0 Å². The van der Waals surface area contributed by atoms with E-state index in [2.05, 4.69) is 21.2 Å². The van der Waals surface area contributed by atoms with Crippen molar-refractivity contribution in [3.8, 4) is 11.8 Å². The summed E-state index contributed by atoms with van der Waals surface area (Å²) in [7, 11) is 1.46. The van der Waals surface area contributed by atoms with Crippen molar-refractivity contribution in [2.45, 2.75) is 0 Å². The fourth-order valence-electron chi connectivity index (χ4n) is 1.74. The number of methoxy groups -OCH3 is 1. The molecule has 0 saturated heterocycles. The first-order valence-corrected chi connectivity index (χ1v) is 6.69. The van der Waals surface area contributed by atoms with Gasteiger partial charge in [0.15, 0.2) is 0 Å². The van der Waals surface area contributed by atoms with Crippen molar-refractivity contribution in [2.24, 2.45) is 0 Å². The summed E-state index contributed by atoms with van der Waals surface area (Å²) in [5.41, 5.74) is 0.544. The average Bonchev–Trinajstić information content (AvgIpc) is 2.48. The Morgan fingerprint density at radius 3 is 2.76 bits per heavy atom. The number of anilines is 1. The van der Waals surface area contributed by atoms with Crippen LogP contribution in [0.15, 0.2) is 40.9 Å². The molecule has 0 saturated carbocycles. The normalized spacial score (nSPS) is 9.81. The van der Waals surface area contributed by atoms with Crippen LogP contribution in [0.1, 0.15) is 15.9 Å². The maximum atomic E-state index is 13.2. The van der Waals surface area contributed by atoms with E-state index in [1.54, 1.807) is 24.3 Å². The Balaban J connectivity index is 2.28. The standard InChI is InChI=1S/C15H10BrFN2O2/c1-21-14-7-10(16)2-4-12(14)15(20)19-11-3-5-13(17)9(6-11)8-18/h2-7H,1H3,(H,19,20). The first kappa shape index (κ1) is 15.0. The number of hydrogen-bond acceptors (Lipinski definition) is 3. The van der Waals surface area contributed by atoms with E-state index in [9.17, 15) is 9.18 Å². The number of carbonyl (C=O) groups excluding carboxylic acids is 1. The first-order chi connectivity index (χ1) is 10.0. The zero-order valence-corrected chi connectivity index (χ0v) is 12.6. The number of benzene rings is 2. The number of ether oxygens (including phenoxy) is 1. The van der Waals surface area contributed by atoms with Crippen molar-refractivity contribution < 1.29 is 13.9 Å². The average molecular weight is 349 g/mol. The molecule has 0 heterocycles. The summed E-state index contributed by atoms with van der Waals surface area (Å²) in [6.45, 7) is 0. The van der Waals surface area contributed by atoms with Gasteiger partial charge in [0, 0.05) is 10.2 Å². The summed E-state index contributed by atoms with van der Waals surface area (Å²) in [4.78, 5) is 12.2. The summed E-state index contributed by atoms with van der Waals surface area (Å²) in [5.74, 6) is -0.629. The molecule has 0 aliphatic heterocycles. The lowest BCUT2D eigenvalue weighted by molar-refractivity contribution is 0.102. The molecule has 21 heavy (non-hydrogen) atoms. The zero-order chi connectivity index (χ0) is 15.4. The Morgan fingerprint density at radius 1 is 1.33 bits per heavy atom. The van der Waals surface area contributed by atoms with Gasteiger partial charge in [-0.2, -0.15) is 5.26 Å². The molecule has 0 radical (unpaired) electrons.